The highest BCUT2D eigenvalue weighted by molar-refractivity contribution is 6.31. The monoisotopic (exact) mass is 444 g/mol. The summed E-state index contributed by atoms with van der Waals surface area (Å²) in [4.78, 5) is 25.5. The number of nitrogen functional groups attached to an aromatic ring is 1. The number of halogens is 1. The van der Waals surface area contributed by atoms with Gasteiger partial charge in [-0.05, 0) is 46.9 Å². The standard InChI is InChI=1S/C23H18ClN7O/c24-19-9-18-7-15(1-2-21(18)27-12-19)8-20-10-17(3-5-26-20)22(32)28-11-16-4-6-31-23(25)29-14-30(31)13-16/h1-7,9-10,12-14,25H,8,11H2,(H,28,32)/p+1. The van der Waals surface area contributed by atoms with Gasteiger partial charge < -0.3 is 11.1 Å². The Balaban J connectivity index is 1.29. The van der Waals surface area contributed by atoms with Crippen molar-refractivity contribution in [2.24, 2.45) is 0 Å². The Kier molecular flexibility index (Phi) is 5.12. The lowest BCUT2D eigenvalue weighted by atomic mass is 10.0. The van der Waals surface area contributed by atoms with Crippen LogP contribution in [0.5, 0.6) is 0 Å². The van der Waals surface area contributed by atoms with Crippen LogP contribution in [0.2, 0.25) is 5.02 Å². The first-order valence-corrected chi connectivity index (χ1v) is 10.3. The first-order valence-electron chi connectivity index (χ1n) is 9.95. The molecule has 0 aliphatic carbocycles. The van der Waals surface area contributed by atoms with E-state index in [4.69, 9.17) is 17.3 Å². The van der Waals surface area contributed by atoms with E-state index in [0.717, 1.165) is 27.7 Å². The molecule has 0 unspecified atom stereocenters. The molecule has 0 radical (unpaired) electrons. The van der Waals surface area contributed by atoms with Crippen LogP contribution in [0.4, 0.5) is 5.95 Å². The second-order valence-electron chi connectivity index (χ2n) is 7.42. The Morgan fingerprint density at radius 2 is 2.00 bits per heavy atom. The molecular formula is C23H19ClN7O+. The summed E-state index contributed by atoms with van der Waals surface area (Å²) >= 11 is 6.06. The van der Waals surface area contributed by atoms with E-state index in [1.807, 2.05) is 42.6 Å². The van der Waals surface area contributed by atoms with E-state index in [1.165, 1.54) is 0 Å². The molecule has 0 bridgehead atoms. The van der Waals surface area contributed by atoms with Crippen molar-refractivity contribution >= 4 is 34.4 Å². The summed E-state index contributed by atoms with van der Waals surface area (Å²) in [7, 11) is 0. The molecule has 8 nitrogen and oxygen atoms in total. The molecule has 5 rings (SSSR count). The molecule has 0 fully saturated rings. The predicted octanol–water partition coefficient (Wildman–Crippen LogP) is 2.62. The van der Waals surface area contributed by atoms with Gasteiger partial charge in [0.25, 0.3) is 5.91 Å². The van der Waals surface area contributed by atoms with Crippen molar-refractivity contribution in [3.8, 4) is 0 Å². The maximum atomic E-state index is 12.7. The van der Waals surface area contributed by atoms with E-state index in [9.17, 15) is 4.79 Å². The fourth-order valence-corrected chi connectivity index (χ4v) is 3.72. The van der Waals surface area contributed by atoms with Crippen LogP contribution in [0.15, 0.2) is 73.6 Å². The van der Waals surface area contributed by atoms with Gasteiger partial charge >= 0.3 is 12.3 Å². The highest BCUT2D eigenvalue weighted by atomic mass is 35.5. The van der Waals surface area contributed by atoms with E-state index < -0.39 is 0 Å². The van der Waals surface area contributed by atoms with Crippen molar-refractivity contribution in [1.82, 2.24) is 24.8 Å². The number of carbonyl (C=O) groups is 1. The van der Waals surface area contributed by atoms with Crippen LogP contribution in [0, 0.1) is 0 Å². The normalized spacial score (nSPS) is 11.2. The van der Waals surface area contributed by atoms with Crippen molar-refractivity contribution in [2.45, 2.75) is 13.0 Å². The summed E-state index contributed by atoms with van der Waals surface area (Å²) in [6.45, 7) is 0.378. The molecule has 158 valence electrons. The van der Waals surface area contributed by atoms with Crippen molar-refractivity contribution in [3.05, 3.63) is 101 Å². The van der Waals surface area contributed by atoms with Crippen molar-refractivity contribution in [3.63, 3.8) is 0 Å². The second kappa shape index (κ2) is 8.24. The Morgan fingerprint density at radius 3 is 2.91 bits per heavy atom. The second-order valence-corrected chi connectivity index (χ2v) is 7.86. The summed E-state index contributed by atoms with van der Waals surface area (Å²) in [5.41, 5.74) is 10.0. The van der Waals surface area contributed by atoms with Crippen LogP contribution in [0.1, 0.15) is 27.2 Å². The maximum absolute atomic E-state index is 12.7. The molecule has 1 aromatic carbocycles. The summed E-state index contributed by atoms with van der Waals surface area (Å²) < 4.78 is 3.46. The molecule has 0 aliphatic rings. The molecule has 32 heavy (non-hydrogen) atoms. The zero-order valence-corrected chi connectivity index (χ0v) is 17.7. The zero-order chi connectivity index (χ0) is 22.1. The van der Waals surface area contributed by atoms with E-state index in [-0.39, 0.29) is 5.91 Å². The Bertz CT molecular complexity index is 1460. The first kappa shape index (κ1) is 19.9. The lowest BCUT2D eigenvalue weighted by molar-refractivity contribution is -0.618. The van der Waals surface area contributed by atoms with Gasteiger partial charge in [-0.2, -0.15) is 0 Å². The number of nitrogens with two attached hydrogens (primary N) is 1. The SMILES string of the molecule is Nc1nc[n+]2cc(CNC(=O)c3ccnc(Cc4ccc5ncc(Cl)cc5c4)c3)ccn12. The van der Waals surface area contributed by atoms with Crippen molar-refractivity contribution in [2.75, 3.05) is 5.73 Å². The third kappa shape index (κ3) is 4.08. The molecule has 3 N–H and O–H groups in total. The van der Waals surface area contributed by atoms with Crippen LogP contribution in [0.3, 0.4) is 0 Å². The predicted molar refractivity (Wildman–Crippen MR) is 120 cm³/mol. The zero-order valence-electron chi connectivity index (χ0n) is 16.9. The number of hydrogen-bond donors (Lipinski definition) is 2. The molecule has 1 amide bonds. The van der Waals surface area contributed by atoms with Crippen LogP contribution in [-0.2, 0) is 13.0 Å². The minimum atomic E-state index is -0.166. The number of nitrogens with one attached hydrogen (secondary N) is 1. The molecule has 4 aromatic heterocycles. The van der Waals surface area contributed by atoms with Gasteiger partial charge in [-0.1, -0.05) is 17.7 Å². The smallest absolute Gasteiger partial charge is 0.348 e. The van der Waals surface area contributed by atoms with Crippen LogP contribution in [-0.4, -0.2) is 25.4 Å². The van der Waals surface area contributed by atoms with Crippen LogP contribution >= 0.6 is 11.6 Å². The fraction of sp³-hybridized carbons (Fsp3) is 0.0870. The van der Waals surface area contributed by atoms with Gasteiger partial charge in [0.05, 0.1) is 16.7 Å². The molecule has 0 saturated heterocycles. The fourth-order valence-electron chi connectivity index (χ4n) is 3.56. The summed E-state index contributed by atoms with van der Waals surface area (Å²) in [5, 5.41) is 4.51. The number of aromatic nitrogens is 5. The molecular weight excluding hydrogens is 426 g/mol. The van der Waals surface area contributed by atoms with Gasteiger partial charge in [0.1, 0.15) is 6.20 Å². The number of rotatable bonds is 5. The van der Waals surface area contributed by atoms with Crippen molar-refractivity contribution < 1.29 is 9.31 Å². The summed E-state index contributed by atoms with van der Waals surface area (Å²) in [5.74, 6) is 0.233. The third-order valence-corrected chi connectivity index (χ3v) is 5.36. The lowest BCUT2D eigenvalue weighted by Gasteiger charge is -2.07. The number of pyridine rings is 2. The van der Waals surface area contributed by atoms with Gasteiger partial charge in [-0.15, -0.1) is 9.03 Å². The summed E-state index contributed by atoms with van der Waals surface area (Å²) in [6, 6.07) is 13.3. The quantitative estimate of drug-likeness (QED) is 0.406. The van der Waals surface area contributed by atoms with E-state index in [2.05, 4.69) is 20.3 Å². The third-order valence-electron chi connectivity index (χ3n) is 5.15. The van der Waals surface area contributed by atoms with Gasteiger partial charge in [0, 0.05) is 47.6 Å². The van der Waals surface area contributed by atoms with Gasteiger partial charge in [-0.3, -0.25) is 14.8 Å². The molecule has 9 heteroatoms. The molecule has 0 atom stereocenters. The Labute approximate surface area is 188 Å². The first-order chi connectivity index (χ1) is 15.5. The van der Waals surface area contributed by atoms with Gasteiger partial charge in [0.2, 0.25) is 0 Å². The Morgan fingerprint density at radius 1 is 1.09 bits per heavy atom. The minimum Gasteiger partial charge on any atom is -0.348 e. The van der Waals surface area contributed by atoms with E-state index >= 15 is 0 Å². The topological polar surface area (TPSA) is 102 Å². The molecule has 0 saturated carbocycles. The van der Waals surface area contributed by atoms with E-state index in [1.54, 1.807) is 40.0 Å². The maximum Gasteiger partial charge on any atom is 0.352 e. The highest BCUT2D eigenvalue weighted by Gasteiger charge is 2.11. The Hall–Kier alpha value is -4.04. The number of nitrogens with zero attached hydrogens (tertiary/aromatic N) is 5. The summed E-state index contributed by atoms with van der Waals surface area (Å²) in [6.07, 6.45) is 9.17. The van der Waals surface area contributed by atoms with E-state index in [0.29, 0.717) is 29.5 Å². The van der Waals surface area contributed by atoms with Crippen LogP contribution in [0.25, 0.3) is 10.9 Å². The number of anilines is 1. The highest BCUT2D eigenvalue weighted by Crippen LogP contribution is 2.20. The average molecular weight is 445 g/mol. The van der Waals surface area contributed by atoms with Crippen molar-refractivity contribution in [1.29, 1.82) is 0 Å². The number of benzene rings is 1. The molecule has 0 spiro atoms. The number of hydrogen-bond acceptors (Lipinski definition) is 5. The molecule has 4 heterocycles. The number of fused-ring (bicyclic) bond motifs is 2. The largest absolute Gasteiger partial charge is 0.352 e. The van der Waals surface area contributed by atoms with Gasteiger partial charge in [0.15, 0.2) is 0 Å². The minimum absolute atomic E-state index is 0.166. The number of carbonyl (C=O) groups excluding carboxylic acids is 1. The lowest BCUT2D eigenvalue weighted by Crippen LogP contribution is -2.30. The van der Waals surface area contributed by atoms with Crippen LogP contribution < -0.4 is 15.6 Å². The molecule has 0 aliphatic heterocycles. The van der Waals surface area contributed by atoms with Gasteiger partial charge in [-0.25, -0.2) is 0 Å². The molecule has 5 aromatic rings. The average Bonchev–Trinajstić information content (AvgIpc) is 3.17. The number of amides is 1.